The molecule has 0 aliphatic carbocycles. The maximum atomic E-state index is 14.0. The second-order valence-corrected chi connectivity index (χ2v) is 8.00. The summed E-state index contributed by atoms with van der Waals surface area (Å²) in [5.74, 6) is -0.514. The van der Waals surface area contributed by atoms with Gasteiger partial charge in [0.1, 0.15) is 5.82 Å². The summed E-state index contributed by atoms with van der Waals surface area (Å²) in [5.41, 5.74) is -0.325. The van der Waals surface area contributed by atoms with Crippen LogP contribution >= 0.6 is 11.6 Å². The molecule has 1 heterocycles. The van der Waals surface area contributed by atoms with Gasteiger partial charge < -0.3 is 10.1 Å². The van der Waals surface area contributed by atoms with Crippen LogP contribution in [-0.4, -0.2) is 21.2 Å². The molecule has 3 aromatic rings. The van der Waals surface area contributed by atoms with Crippen LogP contribution in [0.2, 0.25) is 5.02 Å². The maximum absolute atomic E-state index is 14.0. The lowest BCUT2D eigenvalue weighted by Gasteiger charge is -2.23. The van der Waals surface area contributed by atoms with Gasteiger partial charge in [-0.2, -0.15) is 0 Å². The number of para-hydroxylation sites is 1. The van der Waals surface area contributed by atoms with Gasteiger partial charge in [-0.15, -0.1) is 0 Å². The summed E-state index contributed by atoms with van der Waals surface area (Å²) in [5, 5.41) is 2.37. The molecule has 0 saturated heterocycles. The zero-order valence-corrected chi connectivity index (χ0v) is 17.2. The number of nitrogens with zero attached hydrogens (tertiary/aromatic N) is 2. The second kappa shape index (κ2) is 7.83. The summed E-state index contributed by atoms with van der Waals surface area (Å²) in [6.07, 6.45) is -1.51. The van der Waals surface area contributed by atoms with Crippen LogP contribution in [0.5, 0.6) is 0 Å². The minimum atomic E-state index is -0.863. The zero-order chi connectivity index (χ0) is 21.3. The number of halogens is 2. The topological polar surface area (TPSA) is 73.2 Å². The van der Waals surface area contributed by atoms with Gasteiger partial charge >= 0.3 is 6.09 Å². The normalized spacial score (nSPS) is 12.6. The number of ether oxygens (including phenoxy) is 1. The van der Waals surface area contributed by atoms with Crippen LogP contribution in [0.4, 0.5) is 9.18 Å². The van der Waals surface area contributed by atoms with Crippen molar-refractivity contribution in [3.63, 3.8) is 0 Å². The molecule has 0 aliphatic heterocycles. The predicted octanol–water partition coefficient (Wildman–Crippen LogP) is 4.76. The van der Waals surface area contributed by atoms with Gasteiger partial charge in [-0.05, 0) is 52.0 Å². The summed E-state index contributed by atoms with van der Waals surface area (Å²) in [7, 11) is 0. The van der Waals surface area contributed by atoms with Crippen LogP contribution < -0.4 is 10.9 Å². The molecule has 0 radical (unpaired) electrons. The van der Waals surface area contributed by atoms with Gasteiger partial charge in [0, 0.05) is 5.54 Å². The van der Waals surface area contributed by atoms with E-state index >= 15 is 0 Å². The smallest absolute Gasteiger partial charge is 0.408 e. The Kier molecular flexibility index (Phi) is 5.61. The number of benzene rings is 2. The van der Waals surface area contributed by atoms with Crippen molar-refractivity contribution in [2.24, 2.45) is 0 Å². The summed E-state index contributed by atoms with van der Waals surface area (Å²) in [6, 6.07) is 11.2. The standard InChI is InChI=1S/C21H21ClFN3O3/c1-12(29-20(28)25-21(2,3)4)18-24-15-11-10-14(23)17(22)16(15)19(27)26(18)13-8-6-5-7-9-13/h5-12H,1-4H3,(H,25,28)/t12-/m0/s1. The van der Waals surface area contributed by atoms with Gasteiger partial charge in [0.2, 0.25) is 0 Å². The van der Waals surface area contributed by atoms with Gasteiger partial charge in [-0.1, -0.05) is 29.8 Å². The van der Waals surface area contributed by atoms with E-state index in [-0.39, 0.29) is 21.7 Å². The van der Waals surface area contributed by atoms with E-state index in [0.717, 1.165) is 6.07 Å². The number of aromatic nitrogens is 2. The maximum Gasteiger partial charge on any atom is 0.408 e. The molecule has 0 aliphatic rings. The molecule has 1 atom stereocenters. The molecule has 0 unspecified atom stereocenters. The number of hydrogen-bond donors (Lipinski definition) is 1. The number of nitrogens with one attached hydrogen (secondary N) is 1. The molecule has 29 heavy (non-hydrogen) atoms. The van der Waals surface area contributed by atoms with Crippen LogP contribution in [0.3, 0.4) is 0 Å². The van der Waals surface area contributed by atoms with E-state index in [1.165, 1.54) is 10.6 Å². The number of hydrogen-bond acceptors (Lipinski definition) is 4. The van der Waals surface area contributed by atoms with E-state index in [1.54, 1.807) is 37.3 Å². The average molecular weight is 418 g/mol. The van der Waals surface area contributed by atoms with E-state index in [0.29, 0.717) is 5.69 Å². The number of fused-ring (bicyclic) bond motifs is 1. The molecule has 1 N–H and O–H groups in total. The Hall–Kier alpha value is -2.93. The van der Waals surface area contributed by atoms with Crippen molar-refractivity contribution in [2.75, 3.05) is 0 Å². The van der Waals surface area contributed by atoms with Crippen LogP contribution in [0.25, 0.3) is 16.6 Å². The molecule has 0 bridgehead atoms. The van der Waals surface area contributed by atoms with Crippen molar-refractivity contribution in [1.82, 2.24) is 14.9 Å². The Morgan fingerprint density at radius 3 is 2.48 bits per heavy atom. The van der Waals surface area contributed by atoms with E-state index in [1.807, 2.05) is 20.8 Å². The lowest BCUT2D eigenvalue weighted by atomic mass is 10.1. The minimum absolute atomic E-state index is 0.0365. The van der Waals surface area contributed by atoms with Crippen molar-refractivity contribution in [3.8, 4) is 5.69 Å². The van der Waals surface area contributed by atoms with Gasteiger partial charge in [-0.25, -0.2) is 14.2 Å². The lowest BCUT2D eigenvalue weighted by Crippen LogP contribution is -2.41. The highest BCUT2D eigenvalue weighted by Gasteiger charge is 2.24. The van der Waals surface area contributed by atoms with Gasteiger partial charge in [0.15, 0.2) is 11.9 Å². The molecule has 152 valence electrons. The van der Waals surface area contributed by atoms with Crippen molar-refractivity contribution in [2.45, 2.75) is 39.3 Å². The van der Waals surface area contributed by atoms with Crippen molar-refractivity contribution in [1.29, 1.82) is 0 Å². The third kappa shape index (κ3) is 4.40. The van der Waals surface area contributed by atoms with Crippen LogP contribution in [0.1, 0.15) is 39.6 Å². The van der Waals surface area contributed by atoms with Gasteiger partial charge in [0.05, 0.1) is 21.6 Å². The average Bonchev–Trinajstić information content (AvgIpc) is 2.63. The zero-order valence-electron chi connectivity index (χ0n) is 16.5. The van der Waals surface area contributed by atoms with E-state index in [9.17, 15) is 14.0 Å². The first kappa shape index (κ1) is 20.8. The largest absolute Gasteiger partial charge is 0.438 e. The third-order valence-electron chi connectivity index (χ3n) is 4.09. The van der Waals surface area contributed by atoms with Crippen molar-refractivity contribution < 1.29 is 13.9 Å². The van der Waals surface area contributed by atoms with E-state index < -0.39 is 29.1 Å². The Labute approximate surface area is 172 Å². The summed E-state index contributed by atoms with van der Waals surface area (Å²) >= 11 is 6.06. The minimum Gasteiger partial charge on any atom is -0.438 e. The first-order chi connectivity index (χ1) is 13.6. The summed E-state index contributed by atoms with van der Waals surface area (Å²) < 4.78 is 20.7. The van der Waals surface area contributed by atoms with Crippen LogP contribution in [0, 0.1) is 5.82 Å². The highest BCUT2D eigenvalue weighted by molar-refractivity contribution is 6.35. The Morgan fingerprint density at radius 2 is 1.86 bits per heavy atom. The molecule has 0 spiro atoms. The number of amides is 1. The Morgan fingerprint density at radius 1 is 1.21 bits per heavy atom. The van der Waals surface area contributed by atoms with Gasteiger partial charge in [-0.3, -0.25) is 9.36 Å². The monoisotopic (exact) mass is 417 g/mol. The van der Waals surface area contributed by atoms with E-state index in [2.05, 4.69) is 10.3 Å². The number of carbonyl (C=O) groups is 1. The van der Waals surface area contributed by atoms with Crippen molar-refractivity contribution in [3.05, 3.63) is 69.5 Å². The quantitative estimate of drug-likeness (QED) is 0.666. The SMILES string of the molecule is C[C@H](OC(=O)NC(C)(C)C)c1nc2ccc(F)c(Cl)c2c(=O)n1-c1ccccc1. The molecule has 0 fully saturated rings. The molecule has 0 saturated carbocycles. The van der Waals surface area contributed by atoms with Crippen LogP contribution in [0.15, 0.2) is 47.3 Å². The molecule has 1 aromatic heterocycles. The molecular weight excluding hydrogens is 397 g/mol. The molecule has 2 aromatic carbocycles. The van der Waals surface area contributed by atoms with Crippen LogP contribution in [-0.2, 0) is 4.74 Å². The fourth-order valence-electron chi connectivity index (χ4n) is 2.87. The Bertz CT molecular complexity index is 1120. The summed E-state index contributed by atoms with van der Waals surface area (Å²) in [4.78, 5) is 29.9. The van der Waals surface area contributed by atoms with E-state index in [4.69, 9.17) is 16.3 Å². The summed E-state index contributed by atoms with van der Waals surface area (Å²) in [6.45, 7) is 7.08. The highest BCUT2D eigenvalue weighted by Crippen LogP contribution is 2.26. The number of rotatable bonds is 3. The fraction of sp³-hybridized carbons (Fsp3) is 0.286. The molecule has 6 nitrogen and oxygen atoms in total. The molecule has 1 amide bonds. The van der Waals surface area contributed by atoms with Crippen molar-refractivity contribution >= 4 is 28.6 Å². The Balaban J connectivity index is 2.19. The predicted molar refractivity (Wildman–Crippen MR) is 110 cm³/mol. The molecule has 3 rings (SSSR count). The van der Waals surface area contributed by atoms with Gasteiger partial charge in [0.25, 0.3) is 5.56 Å². The first-order valence-electron chi connectivity index (χ1n) is 9.03. The second-order valence-electron chi connectivity index (χ2n) is 7.62. The fourth-order valence-corrected chi connectivity index (χ4v) is 3.12. The molecular formula is C21H21ClFN3O3. The first-order valence-corrected chi connectivity index (χ1v) is 9.41. The number of alkyl carbamates (subject to hydrolysis) is 1. The number of carbonyl (C=O) groups excluding carboxylic acids is 1. The molecule has 8 heteroatoms. The lowest BCUT2D eigenvalue weighted by molar-refractivity contribution is 0.0947. The third-order valence-corrected chi connectivity index (χ3v) is 4.46. The highest BCUT2D eigenvalue weighted by atomic mass is 35.5.